The molecule has 0 N–H and O–H groups in total. The Hall–Kier alpha value is -2.25. The second kappa shape index (κ2) is 8.19. The van der Waals surface area contributed by atoms with Crippen LogP contribution in [0.3, 0.4) is 0 Å². The second-order valence-corrected chi connectivity index (χ2v) is 8.40. The molecule has 1 aromatic heterocycles. The summed E-state index contributed by atoms with van der Waals surface area (Å²) in [4.78, 5) is 16.0. The van der Waals surface area contributed by atoms with Crippen LogP contribution in [0.5, 0.6) is 0 Å². The molecule has 2 aromatic carbocycles. The van der Waals surface area contributed by atoms with Crippen LogP contribution in [0.25, 0.3) is 5.69 Å². The first-order chi connectivity index (χ1) is 13.2. The summed E-state index contributed by atoms with van der Waals surface area (Å²) >= 11 is 3.25. The standard InChI is InChI=1S/C20H20N4OS2/c1-15-7-9-16(10-8-15)24-14-21-22-20(24)27-13-19(25)23-11-4-12-26-18-6-3-2-5-17(18)23/h2-3,5-10,14H,4,11-13H2,1H3. The Bertz CT molecular complexity index is 939. The molecule has 0 unspecified atom stereocenters. The molecule has 138 valence electrons. The first-order valence-corrected chi connectivity index (χ1v) is 10.8. The lowest BCUT2D eigenvalue weighted by molar-refractivity contribution is -0.116. The Morgan fingerprint density at radius 2 is 2.00 bits per heavy atom. The van der Waals surface area contributed by atoms with Gasteiger partial charge in [-0.3, -0.25) is 9.36 Å². The summed E-state index contributed by atoms with van der Waals surface area (Å²) in [5.74, 6) is 1.48. The summed E-state index contributed by atoms with van der Waals surface area (Å²) in [5, 5.41) is 8.95. The monoisotopic (exact) mass is 396 g/mol. The minimum Gasteiger partial charge on any atom is -0.311 e. The quantitative estimate of drug-likeness (QED) is 0.619. The highest BCUT2D eigenvalue weighted by Crippen LogP contribution is 2.34. The van der Waals surface area contributed by atoms with E-state index in [1.54, 1.807) is 6.33 Å². The van der Waals surface area contributed by atoms with E-state index in [2.05, 4.69) is 35.3 Å². The second-order valence-electron chi connectivity index (χ2n) is 6.32. The number of carbonyl (C=O) groups excluding carboxylic acids is 1. The van der Waals surface area contributed by atoms with E-state index in [0.717, 1.165) is 35.2 Å². The molecule has 0 spiro atoms. The van der Waals surface area contributed by atoms with Crippen molar-refractivity contribution in [3.05, 3.63) is 60.4 Å². The van der Waals surface area contributed by atoms with Gasteiger partial charge in [0.2, 0.25) is 5.91 Å². The molecule has 0 saturated carbocycles. The largest absolute Gasteiger partial charge is 0.311 e. The fourth-order valence-electron chi connectivity index (χ4n) is 3.00. The summed E-state index contributed by atoms with van der Waals surface area (Å²) in [6, 6.07) is 16.3. The van der Waals surface area contributed by atoms with Crippen molar-refractivity contribution in [2.24, 2.45) is 0 Å². The third kappa shape index (κ3) is 4.04. The number of aryl methyl sites for hydroxylation is 1. The van der Waals surface area contributed by atoms with E-state index in [9.17, 15) is 4.79 Å². The van der Waals surface area contributed by atoms with Gasteiger partial charge in [-0.25, -0.2) is 0 Å². The van der Waals surface area contributed by atoms with Crippen molar-refractivity contribution in [2.45, 2.75) is 23.4 Å². The SMILES string of the molecule is Cc1ccc(-n2cnnc2SCC(=O)N2CCCSc3ccccc32)cc1. The lowest BCUT2D eigenvalue weighted by atomic mass is 10.2. The molecule has 1 amide bonds. The van der Waals surface area contributed by atoms with E-state index in [1.807, 2.05) is 51.6 Å². The van der Waals surface area contributed by atoms with Gasteiger partial charge in [-0.2, -0.15) is 0 Å². The summed E-state index contributed by atoms with van der Waals surface area (Å²) < 4.78 is 1.92. The number of benzene rings is 2. The van der Waals surface area contributed by atoms with Crippen molar-refractivity contribution in [2.75, 3.05) is 23.0 Å². The third-order valence-corrected chi connectivity index (χ3v) is 6.47. The summed E-state index contributed by atoms with van der Waals surface area (Å²) in [5.41, 5.74) is 3.22. The molecule has 0 atom stereocenters. The van der Waals surface area contributed by atoms with Gasteiger partial charge >= 0.3 is 0 Å². The zero-order valence-electron chi connectivity index (χ0n) is 15.0. The lowest BCUT2D eigenvalue weighted by Crippen LogP contribution is -2.33. The first kappa shape index (κ1) is 18.1. The molecule has 7 heteroatoms. The van der Waals surface area contributed by atoms with Crippen LogP contribution in [-0.4, -0.2) is 38.7 Å². The number of anilines is 1. The Kier molecular flexibility index (Phi) is 5.50. The van der Waals surface area contributed by atoms with Crippen LogP contribution in [0.4, 0.5) is 5.69 Å². The van der Waals surface area contributed by atoms with Gasteiger partial charge in [0.15, 0.2) is 5.16 Å². The molecule has 1 aliphatic heterocycles. The number of carbonyl (C=O) groups is 1. The number of fused-ring (bicyclic) bond motifs is 1. The molecule has 0 fully saturated rings. The predicted octanol–water partition coefficient (Wildman–Crippen LogP) is 4.20. The van der Waals surface area contributed by atoms with E-state index in [4.69, 9.17) is 0 Å². The molecular formula is C20H20N4OS2. The fourth-order valence-corrected chi connectivity index (χ4v) is 4.80. The highest BCUT2D eigenvalue weighted by atomic mass is 32.2. The maximum atomic E-state index is 12.9. The smallest absolute Gasteiger partial charge is 0.237 e. The molecule has 0 bridgehead atoms. The van der Waals surface area contributed by atoms with Crippen molar-refractivity contribution in [1.82, 2.24) is 14.8 Å². The Morgan fingerprint density at radius 3 is 2.85 bits per heavy atom. The van der Waals surface area contributed by atoms with Gasteiger partial charge in [0.25, 0.3) is 0 Å². The van der Waals surface area contributed by atoms with Crippen LogP contribution >= 0.6 is 23.5 Å². The maximum absolute atomic E-state index is 12.9. The number of para-hydroxylation sites is 1. The van der Waals surface area contributed by atoms with Gasteiger partial charge in [0.05, 0.1) is 11.4 Å². The molecular weight excluding hydrogens is 376 g/mol. The highest BCUT2D eigenvalue weighted by molar-refractivity contribution is 8.00. The lowest BCUT2D eigenvalue weighted by Gasteiger charge is -2.22. The minimum atomic E-state index is 0.105. The zero-order valence-corrected chi connectivity index (χ0v) is 16.7. The van der Waals surface area contributed by atoms with E-state index in [-0.39, 0.29) is 5.91 Å². The average molecular weight is 397 g/mol. The van der Waals surface area contributed by atoms with Crippen LogP contribution in [-0.2, 0) is 4.79 Å². The van der Waals surface area contributed by atoms with Crippen LogP contribution in [0.2, 0.25) is 0 Å². The van der Waals surface area contributed by atoms with Crippen molar-refractivity contribution in [3.63, 3.8) is 0 Å². The van der Waals surface area contributed by atoms with Gasteiger partial charge in [0, 0.05) is 17.1 Å². The minimum absolute atomic E-state index is 0.105. The summed E-state index contributed by atoms with van der Waals surface area (Å²) in [6.45, 7) is 2.82. The number of amides is 1. The van der Waals surface area contributed by atoms with E-state index in [0.29, 0.717) is 5.75 Å². The number of thioether (sulfide) groups is 2. The topological polar surface area (TPSA) is 51.0 Å². The number of hydrogen-bond donors (Lipinski definition) is 0. The number of aromatic nitrogens is 3. The zero-order chi connectivity index (χ0) is 18.6. The van der Waals surface area contributed by atoms with Crippen LogP contribution < -0.4 is 4.90 Å². The van der Waals surface area contributed by atoms with Crippen molar-refractivity contribution in [1.29, 1.82) is 0 Å². The molecule has 27 heavy (non-hydrogen) atoms. The van der Waals surface area contributed by atoms with Crippen molar-refractivity contribution < 1.29 is 4.79 Å². The molecule has 5 nitrogen and oxygen atoms in total. The molecule has 4 rings (SSSR count). The average Bonchev–Trinajstić information content (AvgIpc) is 3.05. The van der Waals surface area contributed by atoms with Gasteiger partial charge in [0.1, 0.15) is 6.33 Å². The molecule has 0 aliphatic carbocycles. The molecule has 3 aromatic rings. The summed E-state index contributed by atoms with van der Waals surface area (Å²) in [6.07, 6.45) is 2.69. The van der Waals surface area contributed by atoms with E-state index < -0.39 is 0 Å². The van der Waals surface area contributed by atoms with Gasteiger partial charge in [-0.1, -0.05) is 41.6 Å². The van der Waals surface area contributed by atoms with Crippen molar-refractivity contribution >= 4 is 35.1 Å². The Labute approximate surface area is 167 Å². The van der Waals surface area contributed by atoms with Crippen LogP contribution in [0.1, 0.15) is 12.0 Å². The van der Waals surface area contributed by atoms with E-state index >= 15 is 0 Å². The highest BCUT2D eigenvalue weighted by Gasteiger charge is 2.22. The maximum Gasteiger partial charge on any atom is 0.237 e. The fraction of sp³-hybridized carbons (Fsp3) is 0.250. The van der Waals surface area contributed by atoms with Crippen molar-refractivity contribution in [3.8, 4) is 5.69 Å². The number of hydrogen-bond acceptors (Lipinski definition) is 5. The molecule has 2 heterocycles. The third-order valence-electron chi connectivity index (χ3n) is 4.39. The van der Waals surface area contributed by atoms with E-state index in [1.165, 1.54) is 22.2 Å². The number of nitrogens with zero attached hydrogens (tertiary/aromatic N) is 4. The summed E-state index contributed by atoms with van der Waals surface area (Å²) in [7, 11) is 0. The molecule has 0 radical (unpaired) electrons. The van der Waals surface area contributed by atoms with Gasteiger partial charge < -0.3 is 4.90 Å². The van der Waals surface area contributed by atoms with Crippen LogP contribution in [0.15, 0.2) is 64.9 Å². The normalized spacial score (nSPS) is 13.9. The van der Waals surface area contributed by atoms with Crippen LogP contribution in [0, 0.1) is 6.92 Å². The first-order valence-electron chi connectivity index (χ1n) is 8.84. The Balaban J connectivity index is 1.49. The predicted molar refractivity (Wildman–Crippen MR) is 111 cm³/mol. The van der Waals surface area contributed by atoms with Gasteiger partial charge in [-0.05, 0) is 43.4 Å². The van der Waals surface area contributed by atoms with Gasteiger partial charge in [-0.15, -0.1) is 22.0 Å². The Morgan fingerprint density at radius 1 is 1.19 bits per heavy atom. The molecule has 0 saturated heterocycles. The molecule has 1 aliphatic rings. The number of rotatable bonds is 4.